The van der Waals surface area contributed by atoms with E-state index in [1.165, 1.54) is 30.0 Å². The zero-order chi connectivity index (χ0) is 25.1. The number of carbonyl (C=O) groups excluding carboxylic acids is 2. The molecule has 0 saturated carbocycles. The predicted octanol–water partition coefficient (Wildman–Crippen LogP) is 4.47. The highest BCUT2D eigenvalue weighted by atomic mass is 32.2. The number of hydrogen-bond acceptors (Lipinski definition) is 6. The second-order valence-electron chi connectivity index (χ2n) is 9.33. The van der Waals surface area contributed by atoms with Crippen LogP contribution in [0, 0.1) is 5.92 Å². The summed E-state index contributed by atoms with van der Waals surface area (Å²) in [5.74, 6) is -0.107. The summed E-state index contributed by atoms with van der Waals surface area (Å²) in [6.45, 7) is 4.55. The number of esters is 1. The number of nitrogens with zero attached hydrogens (tertiary/aromatic N) is 3. The average molecular weight is 494 g/mol. The van der Waals surface area contributed by atoms with Crippen molar-refractivity contribution in [2.24, 2.45) is 5.92 Å². The largest absolute Gasteiger partial charge is 0.465 e. The molecule has 4 rings (SSSR count). The molecule has 2 aromatic carbocycles. The number of thioether (sulfide) groups is 1. The summed E-state index contributed by atoms with van der Waals surface area (Å²) in [7, 11) is 3.17. The minimum absolute atomic E-state index is 0.00884. The van der Waals surface area contributed by atoms with Crippen molar-refractivity contribution < 1.29 is 14.3 Å². The van der Waals surface area contributed by atoms with Gasteiger partial charge in [0.2, 0.25) is 5.91 Å². The molecular weight excluding hydrogens is 462 g/mol. The Bertz CT molecular complexity index is 1320. The van der Waals surface area contributed by atoms with Gasteiger partial charge in [-0.15, -0.1) is 0 Å². The van der Waals surface area contributed by atoms with Gasteiger partial charge in [0.1, 0.15) is 0 Å². The molecule has 0 N–H and O–H groups in total. The number of ether oxygens (including phenoxy) is 1. The van der Waals surface area contributed by atoms with Crippen LogP contribution >= 0.6 is 11.8 Å². The molecule has 0 radical (unpaired) electrons. The maximum atomic E-state index is 13.3. The van der Waals surface area contributed by atoms with E-state index in [4.69, 9.17) is 9.72 Å². The lowest BCUT2D eigenvalue weighted by Gasteiger charge is -2.33. The zero-order valence-corrected chi connectivity index (χ0v) is 21.4. The number of methoxy groups -OCH3 is 1. The van der Waals surface area contributed by atoms with Crippen LogP contribution in [0.1, 0.15) is 54.2 Å². The van der Waals surface area contributed by atoms with Gasteiger partial charge in [-0.2, -0.15) is 0 Å². The Hall–Kier alpha value is -3.13. The first kappa shape index (κ1) is 25.0. The lowest BCUT2D eigenvalue weighted by Crippen LogP contribution is -2.34. The van der Waals surface area contributed by atoms with E-state index in [0.29, 0.717) is 28.2 Å². The Morgan fingerprint density at radius 3 is 2.74 bits per heavy atom. The zero-order valence-electron chi connectivity index (χ0n) is 20.6. The van der Waals surface area contributed by atoms with Crippen LogP contribution in [0.2, 0.25) is 0 Å². The molecular formula is C27H31N3O4S. The molecule has 0 saturated heterocycles. The third-order valence-corrected chi connectivity index (χ3v) is 7.37. The highest BCUT2D eigenvalue weighted by Crippen LogP contribution is 2.34. The smallest absolute Gasteiger partial charge is 0.337 e. The normalized spacial score (nSPS) is 15.2. The summed E-state index contributed by atoms with van der Waals surface area (Å²) in [5.41, 5.74) is 3.10. The predicted molar refractivity (Wildman–Crippen MR) is 138 cm³/mol. The third kappa shape index (κ3) is 5.27. The van der Waals surface area contributed by atoms with Crippen molar-refractivity contribution >= 4 is 34.5 Å². The van der Waals surface area contributed by atoms with Crippen LogP contribution in [0.3, 0.4) is 0 Å². The van der Waals surface area contributed by atoms with Gasteiger partial charge in [-0.1, -0.05) is 49.9 Å². The number of aryl methyl sites for hydroxylation is 1. The van der Waals surface area contributed by atoms with E-state index in [2.05, 4.69) is 12.1 Å². The summed E-state index contributed by atoms with van der Waals surface area (Å²) in [6.07, 6.45) is 3.03. The lowest BCUT2D eigenvalue weighted by molar-refractivity contribution is -0.129. The van der Waals surface area contributed by atoms with Gasteiger partial charge >= 0.3 is 5.97 Å². The molecule has 184 valence electrons. The van der Waals surface area contributed by atoms with Crippen molar-refractivity contribution in [3.8, 4) is 0 Å². The van der Waals surface area contributed by atoms with Crippen molar-refractivity contribution in [3.63, 3.8) is 0 Å². The summed E-state index contributed by atoms with van der Waals surface area (Å²) < 4.78 is 6.44. The Labute approximate surface area is 209 Å². The number of fused-ring (bicyclic) bond motifs is 2. The minimum atomic E-state index is -0.487. The Morgan fingerprint density at radius 1 is 1.23 bits per heavy atom. The highest BCUT2D eigenvalue weighted by Gasteiger charge is 2.27. The lowest BCUT2D eigenvalue weighted by atomic mass is 9.87. The first-order valence-corrected chi connectivity index (χ1v) is 12.9. The molecule has 0 fully saturated rings. The monoisotopic (exact) mass is 493 g/mol. The summed E-state index contributed by atoms with van der Waals surface area (Å²) >= 11 is 1.26. The summed E-state index contributed by atoms with van der Waals surface area (Å²) in [4.78, 5) is 45.0. The van der Waals surface area contributed by atoms with E-state index in [0.717, 1.165) is 19.3 Å². The molecule has 35 heavy (non-hydrogen) atoms. The molecule has 1 aliphatic rings. The summed E-state index contributed by atoms with van der Waals surface area (Å²) in [6, 6.07) is 13.1. The molecule has 0 spiro atoms. The number of benzene rings is 2. The van der Waals surface area contributed by atoms with Crippen LogP contribution in [0.5, 0.6) is 0 Å². The summed E-state index contributed by atoms with van der Waals surface area (Å²) in [5, 5.41) is 0.911. The van der Waals surface area contributed by atoms with Crippen molar-refractivity contribution in [3.05, 3.63) is 69.5 Å². The molecule has 0 bridgehead atoms. The van der Waals surface area contributed by atoms with Crippen molar-refractivity contribution in [1.82, 2.24) is 14.5 Å². The molecule has 8 heteroatoms. The van der Waals surface area contributed by atoms with Gasteiger partial charge in [-0.05, 0) is 54.5 Å². The number of carbonyl (C=O) groups is 2. The maximum absolute atomic E-state index is 13.3. The Morgan fingerprint density at radius 2 is 2.00 bits per heavy atom. The van der Waals surface area contributed by atoms with E-state index >= 15 is 0 Å². The first-order valence-electron chi connectivity index (χ1n) is 11.9. The van der Waals surface area contributed by atoms with Gasteiger partial charge in [-0.3, -0.25) is 14.2 Å². The van der Waals surface area contributed by atoms with Crippen LogP contribution in [-0.2, 0) is 22.5 Å². The first-order chi connectivity index (χ1) is 16.8. The highest BCUT2D eigenvalue weighted by molar-refractivity contribution is 7.99. The topological polar surface area (TPSA) is 81.5 Å². The molecule has 1 atom stereocenters. The van der Waals surface area contributed by atoms with Gasteiger partial charge in [0, 0.05) is 13.6 Å². The number of hydrogen-bond donors (Lipinski definition) is 0. The second kappa shape index (κ2) is 10.6. The molecule has 3 aromatic rings. The molecule has 1 unspecified atom stereocenters. The quantitative estimate of drug-likeness (QED) is 0.274. The van der Waals surface area contributed by atoms with Gasteiger partial charge in [0.05, 0.1) is 35.4 Å². The second-order valence-corrected chi connectivity index (χ2v) is 10.3. The fourth-order valence-corrected chi connectivity index (χ4v) is 5.55. The van der Waals surface area contributed by atoms with E-state index in [-0.39, 0.29) is 29.2 Å². The van der Waals surface area contributed by atoms with Crippen molar-refractivity contribution in [2.75, 3.05) is 19.9 Å². The Kier molecular flexibility index (Phi) is 7.60. The average Bonchev–Trinajstić information content (AvgIpc) is 2.87. The van der Waals surface area contributed by atoms with Crippen LogP contribution < -0.4 is 5.56 Å². The minimum Gasteiger partial charge on any atom is -0.465 e. The van der Waals surface area contributed by atoms with Gasteiger partial charge in [-0.25, -0.2) is 9.78 Å². The number of rotatable bonds is 7. The molecule has 1 aromatic heterocycles. The van der Waals surface area contributed by atoms with Gasteiger partial charge in [0.15, 0.2) is 5.16 Å². The van der Waals surface area contributed by atoms with Gasteiger partial charge in [0.25, 0.3) is 5.56 Å². The van der Waals surface area contributed by atoms with Crippen LogP contribution in [0.25, 0.3) is 10.9 Å². The fourth-order valence-electron chi connectivity index (χ4n) is 4.61. The molecule has 7 nitrogen and oxygen atoms in total. The third-order valence-electron chi connectivity index (χ3n) is 6.41. The molecule has 1 aliphatic carbocycles. The van der Waals surface area contributed by atoms with Crippen LogP contribution in [0.15, 0.2) is 52.4 Å². The van der Waals surface area contributed by atoms with Crippen LogP contribution in [-0.4, -0.2) is 46.2 Å². The maximum Gasteiger partial charge on any atom is 0.337 e. The van der Waals surface area contributed by atoms with Crippen molar-refractivity contribution in [1.29, 1.82) is 0 Å². The number of aromatic nitrogens is 2. The standard InChI is InChI=1S/C27H31N3O4S/c1-17(2)15-30-25(32)21-13-12-19(26(33)34-4)14-22(21)28-27(30)35-16-24(31)29(3)23-11-7-9-18-8-5-6-10-20(18)23/h5-6,8,10,12-14,17,23H,7,9,11,15-16H2,1-4H3. The molecule has 1 amide bonds. The Balaban J connectivity index is 1.61. The van der Waals surface area contributed by atoms with Crippen molar-refractivity contribution in [2.45, 2.75) is 50.9 Å². The SMILES string of the molecule is COC(=O)c1ccc2c(=O)n(CC(C)C)c(SCC(=O)N(C)C3CCCc4ccccc43)nc2c1. The molecule has 1 heterocycles. The van der Waals surface area contributed by atoms with E-state index in [9.17, 15) is 14.4 Å². The van der Waals surface area contributed by atoms with E-state index in [1.54, 1.807) is 22.8 Å². The van der Waals surface area contributed by atoms with E-state index in [1.807, 2.05) is 37.9 Å². The van der Waals surface area contributed by atoms with Crippen LogP contribution in [0.4, 0.5) is 0 Å². The van der Waals surface area contributed by atoms with E-state index < -0.39 is 5.97 Å². The fraction of sp³-hybridized carbons (Fsp3) is 0.407. The molecule has 0 aliphatic heterocycles. The number of amides is 1. The van der Waals surface area contributed by atoms with Gasteiger partial charge < -0.3 is 9.64 Å².